The number of thiazole rings is 1. The number of aryl methyl sites for hydroxylation is 3. The summed E-state index contributed by atoms with van der Waals surface area (Å²) in [6.45, 7) is 12.4. The molecular weight excluding hydrogens is 438 g/mol. The number of benzene rings is 2. The highest BCUT2D eigenvalue weighted by atomic mass is 32.1. The number of fused-ring (bicyclic) bond motifs is 1. The fourth-order valence-electron chi connectivity index (χ4n) is 4.34. The largest absolute Gasteiger partial charge is 0.365 e. The summed E-state index contributed by atoms with van der Waals surface area (Å²) in [7, 11) is 1.99. The molecule has 4 nitrogen and oxygen atoms in total. The van der Waals surface area contributed by atoms with E-state index in [-0.39, 0.29) is 5.91 Å². The smallest absolute Gasteiger partial charge is 0.242 e. The van der Waals surface area contributed by atoms with Crippen LogP contribution in [0.1, 0.15) is 37.8 Å². The second-order valence-electron chi connectivity index (χ2n) is 9.06. The molecule has 1 amide bonds. The van der Waals surface area contributed by atoms with Crippen LogP contribution in [-0.2, 0) is 17.6 Å². The SMILES string of the molecule is C=C(/C=C(/c1ccccc1)N(C)CC(=O)N1CCc2nc(C)sc2CC1)c1ccc(C)c(C)c1. The molecule has 3 aromatic rings. The van der Waals surface area contributed by atoms with E-state index in [0.29, 0.717) is 6.54 Å². The molecule has 0 spiro atoms. The molecule has 2 aromatic carbocycles. The Balaban J connectivity index is 1.52. The van der Waals surface area contributed by atoms with Gasteiger partial charge in [-0.2, -0.15) is 0 Å². The normalized spacial score (nSPS) is 13.9. The molecule has 5 heteroatoms. The molecule has 34 heavy (non-hydrogen) atoms. The van der Waals surface area contributed by atoms with Gasteiger partial charge in [0.05, 0.1) is 17.2 Å². The fourth-order valence-corrected chi connectivity index (χ4v) is 5.31. The fraction of sp³-hybridized carbons (Fsp3) is 0.310. The Morgan fingerprint density at radius 1 is 1.06 bits per heavy atom. The number of allylic oxidation sites excluding steroid dienone is 2. The summed E-state index contributed by atoms with van der Waals surface area (Å²) < 4.78 is 0. The van der Waals surface area contributed by atoms with E-state index in [4.69, 9.17) is 0 Å². The number of hydrogen-bond acceptors (Lipinski definition) is 4. The Hall–Kier alpha value is -3.18. The third-order valence-electron chi connectivity index (χ3n) is 6.51. The number of nitrogens with zero attached hydrogens (tertiary/aromatic N) is 3. The Labute approximate surface area is 207 Å². The average Bonchev–Trinajstić information content (AvgIpc) is 3.06. The molecule has 0 unspecified atom stereocenters. The first-order chi connectivity index (χ1) is 16.3. The second-order valence-corrected chi connectivity index (χ2v) is 10.3. The van der Waals surface area contributed by atoms with Gasteiger partial charge in [0.15, 0.2) is 0 Å². The minimum absolute atomic E-state index is 0.146. The summed E-state index contributed by atoms with van der Waals surface area (Å²) in [5.41, 5.74) is 7.77. The maximum atomic E-state index is 13.3. The maximum Gasteiger partial charge on any atom is 0.242 e. The van der Waals surface area contributed by atoms with Gasteiger partial charge in [-0.15, -0.1) is 11.3 Å². The Bertz CT molecular complexity index is 1200. The highest BCUT2D eigenvalue weighted by Crippen LogP contribution is 2.26. The number of rotatable bonds is 6. The topological polar surface area (TPSA) is 36.4 Å². The van der Waals surface area contributed by atoms with Crippen molar-refractivity contribution in [3.05, 3.63) is 99.0 Å². The molecule has 176 valence electrons. The molecule has 0 saturated carbocycles. The van der Waals surface area contributed by atoms with Gasteiger partial charge in [-0.3, -0.25) is 4.79 Å². The number of hydrogen-bond donors (Lipinski definition) is 0. The summed E-state index contributed by atoms with van der Waals surface area (Å²) in [5, 5.41) is 1.12. The number of likely N-dealkylation sites (N-methyl/N-ethyl adjacent to an activating group) is 1. The molecule has 2 heterocycles. The van der Waals surface area contributed by atoms with Crippen molar-refractivity contribution in [2.45, 2.75) is 33.6 Å². The van der Waals surface area contributed by atoms with E-state index in [1.54, 1.807) is 11.3 Å². The van der Waals surface area contributed by atoms with Gasteiger partial charge < -0.3 is 9.80 Å². The van der Waals surface area contributed by atoms with Crippen molar-refractivity contribution in [3.8, 4) is 0 Å². The number of aromatic nitrogens is 1. The third kappa shape index (κ3) is 5.48. The standard InChI is InChI=1S/C29H33N3OS/c1-20-11-12-25(17-21(20)2)22(3)18-27(24-9-7-6-8-10-24)31(5)19-29(33)32-15-13-26-28(14-16-32)34-23(4)30-26/h6-12,17-18H,3,13-16,19H2,1-2,4-5H3/b27-18-. The van der Waals surface area contributed by atoms with Crippen molar-refractivity contribution in [1.29, 1.82) is 0 Å². The van der Waals surface area contributed by atoms with Crippen molar-refractivity contribution >= 4 is 28.5 Å². The summed E-state index contributed by atoms with van der Waals surface area (Å²) in [4.78, 5) is 23.3. The minimum atomic E-state index is 0.146. The third-order valence-corrected chi connectivity index (χ3v) is 7.58. The van der Waals surface area contributed by atoms with E-state index in [9.17, 15) is 4.79 Å². The Morgan fingerprint density at radius 3 is 2.53 bits per heavy atom. The van der Waals surface area contributed by atoms with E-state index < -0.39 is 0 Å². The molecular formula is C29H33N3OS. The highest BCUT2D eigenvalue weighted by Gasteiger charge is 2.22. The van der Waals surface area contributed by atoms with E-state index in [0.717, 1.165) is 53.3 Å². The van der Waals surface area contributed by atoms with Gasteiger partial charge >= 0.3 is 0 Å². The van der Waals surface area contributed by atoms with Gasteiger partial charge in [0.2, 0.25) is 5.91 Å². The lowest BCUT2D eigenvalue weighted by atomic mass is 9.99. The minimum Gasteiger partial charge on any atom is -0.365 e. The van der Waals surface area contributed by atoms with Crippen LogP contribution < -0.4 is 0 Å². The number of carbonyl (C=O) groups is 1. The van der Waals surface area contributed by atoms with Crippen LogP contribution in [0.25, 0.3) is 11.3 Å². The van der Waals surface area contributed by atoms with E-state index in [2.05, 4.69) is 68.7 Å². The summed E-state index contributed by atoms with van der Waals surface area (Å²) in [6.07, 6.45) is 3.82. The van der Waals surface area contributed by atoms with Gasteiger partial charge in [0.25, 0.3) is 0 Å². The Morgan fingerprint density at radius 2 is 1.79 bits per heavy atom. The zero-order valence-electron chi connectivity index (χ0n) is 20.6. The van der Waals surface area contributed by atoms with Crippen LogP contribution in [-0.4, -0.2) is 47.4 Å². The molecule has 4 rings (SSSR count). The van der Waals surface area contributed by atoms with Crippen LogP contribution in [0, 0.1) is 20.8 Å². The first-order valence-corrected chi connectivity index (χ1v) is 12.6. The number of amides is 1. The molecule has 0 fully saturated rings. The highest BCUT2D eigenvalue weighted by molar-refractivity contribution is 7.11. The summed E-state index contributed by atoms with van der Waals surface area (Å²) in [5.74, 6) is 0.146. The lowest BCUT2D eigenvalue weighted by Gasteiger charge is -2.27. The van der Waals surface area contributed by atoms with Gasteiger partial charge in [-0.25, -0.2) is 4.98 Å². The maximum absolute atomic E-state index is 13.3. The van der Waals surface area contributed by atoms with Crippen LogP contribution in [0.5, 0.6) is 0 Å². The first-order valence-electron chi connectivity index (χ1n) is 11.8. The molecule has 1 aliphatic rings. The van der Waals surface area contributed by atoms with Crippen molar-refractivity contribution in [3.63, 3.8) is 0 Å². The molecule has 0 N–H and O–H groups in total. The molecule has 0 atom stereocenters. The zero-order chi connectivity index (χ0) is 24.2. The van der Waals surface area contributed by atoms with Crippen LogP contribution in [0.2, 0.25) is 0 Å². The van der Waals surface area contributed by atoms with E-state index >= 15 is 0 Å². The van der Waals surface area contributed by atoms with Gasteiger partial charge in [-0.1, -0.05) is 55.1 Å². The lowest BCUT2D eigenvalue weighted by Crippen LogP contribution is -2.40. The quantitative estimate of drug-likeness (QED) is 0.434. The van der Waals surface area contributed by atoms with Crippen molar-refractivity contribution < 1.29 is 4.79 Å². The molecule has 1 aromatic heterocycles. The van der Waals surface area contributed by atoms with Crippen molar-refractivity contribution in [1.82, 2.24) is 14.8 Å². The summed E-state index contributed by atoms with van der Waals surface area (Å²) >= 11 is 1.76. The van der Waals surface area contributed by atoms with E-state index in [1.807, 2.05) is 35.0 Å². The predicted octanol–water partition coefficient (Wildman–Crippen LogP) is 5.68. The molecule has 0 bridgehead atoms. The van der Waals surface area contributed by atoms with Crippen LogP contribution in [0.15, 0.2) is 61.2 Å². The molecule has 0 radical (unpaired) electrons. The molecule has 1 aliphatic heterocycles. The Kier molecular flexibility index (Phi) is 7.32. The van der Waals surface area contributed by atoms with Crippen LogP contribution in [0.4, 0.5) is 0 Å². The first kappa shape index (κ1) is 24.0. The van der Waals surface area contributed by atoms with Crippen LogP contribution >= 0.6 is 11.3 Å². The van der Waals surface area contributed by atoms with Crippen LogP contribution in [0.3, 0.4) is 0 Å². The van der Waals surface area contributed by atoms with Gasteiger partial charge in [0, 0.05) is 43.6 Å². The zero-order valence-corrected chi connectivity index (χ0v) is 21.4. The van der Waals surface area contributed by atoms with Crippen molar-refractivity contribution in [2.75, 3.05) is 26.7 Å². The van der Waals surface area contributed by atoms with Crippen molar-refractivity contribution in [2.24, 2.45) is 0 Å². The van der Waals surface area contributed by atoms with Gasteiger partial charge in [-0.05, 0) is 54.7 Å². The molecule has 0 saturated heterocycles. The van der Waals surface area contributed by atoms with E-state index in [1.165, 1.54) is 21.7 Å². The number of carbonyl (C=O) groups excluding carboxylic acids is 1. The molecule has 0 aliphatic carbocycles. The van der Waals surface area contributed by atoms with Gasteiger partial charge in [0.1, 0.15) is 0 Å². The summed E-state index contributed by atoms with van der Waals surface area (Å²) in [6, 6.07) is 16.6. The monoisotopic (exact) mass is 471 g/mol. The average molecular weight is 472 g/mol. The lowest BCUT2D eigenvalue weighted by molar-refractivity contribution is -0.131. The predicted molar refractivity (Wildman–Crippen MR) is 143 cm³/mol. The second kappa shape index (κ2) is 10.4.